The number of rotatable bonds is 13. The highest BCUT2D eigenvalue weighted by Gasteiger charge is 2.29. The summed E-state index contributed by atoms with van der Waals surface area (Å²) in [6.45, 7) is 0.537. The van der Waals surface area contributed by atoms with Crippen LogP contribution in [0.15, 0.2) is 60.9 Å². The van der Waals surface area contributed by atoms with Gasteiger partial charge in [-0.3, -0.25) is 14.2 Å². The van der Waals surface area contributed by atoms with E-state index in [1.54, 1.807) is 0 Å². The number of carbonyl (C=O) groups is 2. The van der Waals surface area contributed by atoms with Gasteiger partial charge in [0.1, 0.15) is 30.2 Å². The molecule has 3 aromatic rings. The smallest absolute Gasteiger partial charge is 0.407 e. The van der Waals surface area contributed by atoms with Crippen molar-refractivity contribution in [2.75, 3.05) is 38.2 Å². The summed E-state index contributed by atoms with van der Waals surface area (Å²) < 4.78 is 65.6. The molecule has 4 rings (SSSR count). The van der Waals surface area contributed by atoms with E-state index in [1.807, 2.05) is 0 Å². The van der Waals surface area contributed by atoms with Gasteiger partial charge in [-0.1, -0.05) is 24.3 Å². The summed E-state index contributed by atoms with van der Waals surface area (Å²) in [6.07, 6.45) is 1.68. The standard InChI is InChI=1S/C31H35F4N5O4/c32-12-1-13-39-31(42)43-18-24-15-37-14-23(44-24)10-11-25-26(35)16-38-17-27(25)40-30(41)29(36)28(19-2-6-21(33)7-3-19)20-4-8-22(34)9-5-20/h2-9,16-17,23-24,28-29,37H,1,10-15,18,36H2,(H,39,42)(H,40,41)/t23-,24+,29?/m1/s1. The van der Waals surface area contributed by atoms with E-state index in [0.717, 1.165) is 6.20 Å². The minimum atomic E-state index is -1.21. The molecule has 1 unspecified atom stereocenters. The number of morpholine rings is 1. The van der Waals surface area contributed by atoms with Crippen molar-refractivity contribution in [3.63, 3.8) is 0 Å². The third-order valence-corrected chi connectivity index (χ3v) is 7.21. The molecule has 1 fully saturated rings. The second-order valence-corrected chi connectivity index (χ2v) is 10.4. The average molecular weight is 618 g/mol. The van der Waals surface area contributed by atoms with Crippen LogP contribution in [0.5, 0.6) is 0 Å². The summed E-state index contributed by atoms with van der Waals surface area (Å²) in [5.74, 6) is -2.96. The van der Waals surface area contributed by atoms with Crippen LogP contribution in [0, 0.1) is 17.5 Å². The maximum absolute atomic E-state index is 15.0. The first-order chi connectivity index (χ1) is 21.2. The third kappa shape index (κ3) is 9.21. The molecule has 0 aliphatic carbocycles. The van der Waals surface area contributed by atoms with E-state index in [9.17, 15) is 27.2 Å². The van der Waals surface area contributed by atoms with Gasteiger partial charge in [-0.15, -0.1) is 0 Å². The predicted molar refractivity (Wildman–Crippen MR) is 155 cm³/mol. The summed E-state index contributed by atoms with van der Waals surface area (Å²) in [5.41, 5.74) is 7.84. The fourth-order valence-electron chi connectivity index (χ4n) is 4.96. The Bertz CT molecular complexity index is 1330. The third-order valence-electron chi connectivity index (χ3n) is 7.21. The topological polar surface area (TPSA) is 128 Å². The van der Waals surface area contributed by atoms with Crippen molar-refractivity contribution in [2.24, 2.45) is 5.73 Å². The molecule has 1 aromatic heterocycles. The lowest BCUT2D eigenvalue weighted by Gasteiger charge is -2.31. The first-order valence-electron chi connectivity index (χ1n) is 14.3. The quantitative estimate of drug-likeness (QED) is 0.169. The monoisotopic (exact) mass is 617 g/mol. The van der Waals surface area contributed by atoms with Gasteiger partial charge in [0, 0.05) is 31.1 Å². The zero-order chi connectivity index (χ0) is 31.5. The van der Waals surface area contributed by atoms with E-state index in [4.69, 9.17) is 15.2 Å². The highest BCUT2D eigenvalue weighted by atomic mass is 19.1. The highest BCUT2D eigenvalue weighted by molar-refractivity contribution is 5.96. The van der Waals surface area contributed by atoms with Gasteiger partial charge in [0.05, 0.1) is 36.9 Å². The number of ether oxygens (including phenoxy) is 2. The van der Waals surface area contributed by atoms with Crippen molar-refractivity contribution in [1.82, 2.24) is 15.6 Å². The number of pyridine rings is 1. The fraction of sp³-hybridized carbons (Fsp3) is 0.387. The Labute approximate surface area is 252 Å². The summed E-state index contributed by atoms with van der Waals surface area (Å²) in [7, 11) is 0. The molecule has 13 heteroatoms. The number of aromatic nitrogens is 1. The maximum Gasteiger partial charge on any atom is 0.407 e. The second-order valence-electron chi connectivity index (χ2n) is 10.4. The summed E-state index contributed by atoms with van der Waals surface area (Å²) in [5, 5.41) is 8.33. The normalized spacial score (nSPS) is 17.2. The molecule has 0 bridgehead atoms. The Balaban J connectivity index is 1.40. The molecule has 0 spiro atoms. The van der Waals surface area contributed by atoms with Crippen molar-refractivity contribution >= 4 is 17.7 Å². The lowest BCUT2D eigenvalue weighted by Crippen LogP contribution is -2.47. The van der Waals surface area contributed by atoms with Gasteiger partial charge < -0.3 is 31.2 Å². The molecule has 9 nitrogen and oxygen atoms in total. The second kappa shape index (κ2) is 16.1. The Morgan fingerprint density at radius 1 is 1.00 bits per heavy atom. The lowest BCUT2D eigenvalue weighted by atomic mass is 9.85. The molecule has 0 radical (unpaired) electrons. The number of benzene rings is 2. The number of nitrogens with zero attached hydrogens (tertiary/aromatic N) is 1. The lowest BCUT2D eigenvalue weighted by molar-refractivity contribution is -0.117. The van der Waals surface area contributed by atoms with Gasteiger partial charge in [-0.25, -0.2) is 18.0 Å². The average Bonchev–Trinajstić information content (AvgIpc) is 3.02. The Kier molecular flexibility index (Phi) is 12.0. The minimum Gasteiger partial charge on any atom is -0.447 e. The number of anilines is 1. The Hall–Kier alpha value is -4.07. The Morgan fingerprint density at radius 3 is 2.27 bits per heavy atom. The molecule has 2 aromatic carbocycles. The van der Waals surface area contributed by atoms with E-state index in [1.165, 1.54) is 54.7 Å². The summed E-state index contributed by atoms with van der Waals surface area (Å²) in [6, 6.07) is 9.78. The van der Waals surface area contributed by atoms with E-state index in [0.29, 0.717) is 30.6 Å². The number of alkyl carbamates (subject to hydrolysis) is 1. The molecule has 3 atom stereocenters. The SMILES string of the molecule is NC(C(=O)Nc1cncc(F)c1CC[C@@H]1CNC[C@@H](COC(=O)NCCCF)O1)C(c1ccc(F)cc1)c1ccc(F)cc1. The predicted octanol–water partition coefficient (Wildman–Crippen LogP) is 3.97. The van der Waals surface area contributed by atoms with E-state index in [2.05, 4.69) is 20.9 Å². The van der Waals surface area contributed by atoms with Crippen molar-refractivity contribution in [3.8, 4) is 0 Å². The first kappa shape index (κ1) is 32.8. The van der Waals surface area contributed by atoms with E-state index < -0.39 is 54.2 Å². The van der Waals surface area contributed by atoms with Gasteiger partial charge in [0.25, 0.3) is 0 Å². The number of nitrogens with two attached hydrogens (primary N) is 1. The van der Waals surface area contributed by atoms with Crippen LogP contribution in [0.2, 0.25) is 0 Å². The molecule has 236 valence electrons. The molecule has 2 heterocycles. The number of halogens is 4. The van der Waals surface area contributed by atoms with Gasteiger partial charge >= 0.3 is 6.09 Å². The summed E-state index contributed by atoms with van der Waals surface area (Å²) >= 11 is 0. The van der Waals surface area contributed by atoms with Crippen LogP contribution >= 0.6 is 0 Å². The number of hydrogen-bond donors (Lipinski definition) is 4. The van der Waals surface area contributed by atoms with Crippen LogP contribution in [-0.2, 0) is 20.7 Å². The van der Waals surface area contributed by atoms with Gasteiger partial charge in [-0.2, -0.15) is 0 Å². The highest BCUT2D eigenvalue weighted by Crippen LogP contribution is 2.29. The number of nitrogens with one attached hydrogen (secondary N) is 3. The van der Waals surface area contributed by atoms with E-state index in [-0.39, 0.29) is 43.3 Å². The minimum absolute atomic E-state index is 0.0168. The maximum atomic E-state index is 15.0. The number of carbonyl (C=O) groups excluding carboxylic acids is 2. The van der Waals surface area contributed by atoms with Gasteiger partial charge in [0.15, 0.2) is 0 Å². The van der Waals surface area contributed by atoms with Crippen LogP contribution in [0.1, 0.15) is 35.4 Å². The molecule has 1 saturated heterocycles. The van der Waals surface area contributed by atoms with Crippen LogP contribution in [0.3, 0.4) is 0 Å². The van der Waals surface area contributed by atoms with E-state index >= 15 is 0 Å². The van der Waals surface area contributed by atoms with Crippen LogP contribution in [-0.4, -0.2) is 68.1 Å². The number of alkyl halides is 1. The number of amides is 2. The van der Waals surface area contributed by atoms with Crippen molar-refractivity contribution < 1.29 is 36.6 Å². The molecule has 2 amide bonds. The van der Waals surface area contributed by atoms with Crippen LogP contribution in [0.4, 0.5) is 28.0 Å². The van der Waals surface area contributed by atoms with Crippen molar-refractivity contribution in [2.45, 2.75) is 43.4 Å². The molecular formula is C31H35F4N5O4. The zero-order valence-electron chi connectivity index (χ0n) is 23.9. The zero-order valence-corrected chi connectivity index (χ0v) is 23.9. The molecule has 5 N–H and O–H groups in total. The summed E-state index contributed by atoms with van der Waals surface area (Å²) in [4.78, 5) is 29.0. The first-order valence-corrected chi connectivity index (χ1v) is 14.3. The molecule has 1 aliphatic rings. The Morgan fingerprint density at radius 2 is 1.64 bits per heavy atom. The van der Waals surface area contributed by atoms with Crippen molar-refractivity contribution in [1.29, 1.82) is 0 Å². The molecule has 0 saturated carbocycles. The molecule has 44 heavy (non-hydrogen) atoms. The molecular weight excluding hydrogens is 582 g/mol. The van der Waals surface area contributed by atoms with Gasteiger partial charge in [0.2, 0.25) is 5.91 Å². The molecule has 1 aliphatic heterocycles. The van der Waals surface area contributed by atoms with Gasteiger partial charge in [-0.05, 0) is 54.7 Å². The number of hydrogen-bond acceptors (Lipinski definition) is 7. The van der Waals surface area contributed by atoms with Crippen molar-refractivity contribution in [3.05, 3.63) is 95.1 Å². The largest absolute Gasteiger partial charge is 0.447 e. The fourth-order valence-corrected chi connectivity index (χ4v) is 4.96. The van der Waals surface area contributed by atoms with Crippen LogP contribution in [0.25, 0.3) is 0 Å². The van der Waals surface area contributed by atoms with Crippen LogP contribution < -0.4 is 21.7 Å².